The molecule has 144 valence electrons. The molecule has 0 saturated carbocycles. The molecule has 1 amide bonds. The highest BCUT2D eigenvalue weighted by atomic mass is 32.2. The van der Waals surface area contributed by atoms with Crippen molar-refractivity contribution < 1.29 is 9.53 Å². The lowest BCUT2D eigenvalue weighted by Gasteiger charge is -2.36. The second-order valence-corrected chi connectivity index (χ2v) is 7.92. The number of thioether (sulfide) groups is 1. The highest BCUT2D eigenvalue weighted by Crippen LogP contribution is 2.26. The Bertz CT molecular complexity index is 609. The summed E-state index contributed by atoms with van der Waals surface area (Å²) in [6, 6.07) is 1.82. The van der Waals surface area contributed by atoms with Crippen LogP contribution in [0.1, 0.15) is 32.6 Å². The summed E-state index contributed by atoms with van der Waals surface area (Å²) in [4.78, 5) is 26.0. The molecule has 0 aliphatic carbocycles. The van der Waals surface area contributed by atoms with Crippen molar-refractivity contribution in [1.29, 1.82) is 0 Å². The third kappa shape index (κ3) is 5.01. The van der Waals surface area contributed by atoms with Gasteiger partial charge in [0.1, 0.15) is 11.6 Å². The summed E-state index contributed by atoms with van der Waals surface area (Å²) >= 11 is 1.65. The number of aromatic nitrogens is 2. The highest BCUT2D eigenvalue weighted by Gasteiger charge is 2.30. The smallest absolute Gasteiger partial charge is 0.227 e. The Morgan fingerprint density at radius 3 is 2.92 bits per heavy atom. The molecule has 26 heavy (non-hydrogen) atoms. The Morgan fingerprint density at radius 1 is 1.35 bits per heavy atom. The van der Waals surface area contributed by atoms with E-state index in [9.17, 15) is 4.79 Å². The van der Waals surface area contributed by atoms with Crippen LogP contribution in [-0.4, -0.2) is 65.9 Å². The fourth-order valence-corrected chi connectivity index (χ4v) is 4.34. The standard InChI is InChI=1S/C18H29N5O2S/c1-2-3-11-26-18-20-15(19)12-16(21-18)23-6-4-5-14(13-23)17(24)22-7-9-25-10-8-22/h12,14H,2-11,13H2,1H3,(H2,19,20,21). The average molecular weight is 380 g/mol. The van der Waals surface area contributed by atoms with Gasteiger partial charge >= 0.3 is 0 Å². The fourth-order valence-electron chi connectivity index (χ4n) is 3.39. The molecular weight excluding hydrogens is 350 g/mol. The van der Waals surface area contributed by atoms with E-state index in [0.717, 1.165) is 49.0 Å². The Hall–Kier alpha value is -1.54. The number of unbranched alkanes of at least 4 members (excludes halogenated alkanes) is 1. The Balaban J connectivity index is 1.65. The molecule has 2 saturated heterocycles. The Labute approximate surface area is 159 Å². The van der Waals surface area contributed by atoms with Crippen LogP contribution < -0.4 is 10.6 Å². The SMILES string of the molecule is CCCCSc1nc(N)cc(N2CCCC(C(=O)N3CCOCC3)C2)n1. The van der Waals surface area contributed by atoms with Gasteiger partial charge in [-0.05, 0) is 19.3 Å². The first kappa shape index (κ1) is 19.2. The van der Waals surface area contributed by atoms with Crippen molar-refractivity contribution in [3.8, 4) is 0 Å². The van der Waals surface area contributed by atoms with E-state index in [1.54, 1.807) is 11.8 Å². The number of rotatable bonds is 6. The van der Waals surface area contributed by atoms with E-state index in [2.05, 4.69) is 21.8 Å². The Morgan fingerprint density at radius 2 is 2.15 bits per heavy atom. The van der Waals surface area contributed by atoms with E-state index < -0.39 is 0 Å². The number of nitrogens with zero attached hydrogens (tertiary/aromatic N) is 4. The van der Waals surface area contributed by atoms with Gasteiger partial charge in [-0.15, -0.1) is 0 Å². The minimum absolute atomic E-state index is 0.0224. The van der Waals surface area contributed by atoms with Gasteiger partial charge in [-0.2, -0.15) is 0 Å². The van der Waals surface area contributed by atoms with Crippen molar-refractivity contribution in [2.75, 3.05) is 55.8 Å². The molecule has 2 aliphatic heterocycles. The van der Waals surface area contributed by atoms with Crippen molar-refractivity contribution in [2.45, 2.75) is 37.8 Å². The number of carbonyl (C=O) groups is 1. The van der Waals surface area contributed by atoms with Gasteiger partial charge in [0.2, 0.25) is 5.91 Å². The summed E-state index contributed by atoms with van der Waals surface area (Å²) < 4.78 is 5.36. The lowest BCUT2D eigenvalue weighted by Crippen LogP contribution is -2.48. The van der Waals surface area contributed by atoms with Crippen LogP contribution in [0.4, 0.5) is 11.6 Å². The van der Waals surface area contributed by atoms with Crippen LogP contribution in [0, 0.1) is 5.92 Å². The molecule has 0 bridgehead atoms. The van der Waals surface area contributed by atoms with E-state index in [0.29, 0.717) is 38.7 Å². The third-order valence-corrected chi connectivity index (χ3v) is 5.79. The quantitative estimate of drug-likeness (QED) is 0.460. The largest absolute Gasteiger partial charge is 0.383 e. The molecule has 1 aromatic heterocycles. The maximum atomic E-state index is 12.8. The van der Waals surface area contributed by atoms with Crippen molar-refractivity contribution >= 4 is 29.3 Å². The summed E-state index contributed by atoms with van der Waals surface area (Å²) in [6.45, 7) is 6.47. The van der Waals surface area contributed by atoms with Gasteiger partial charge in [-0.25, -0.2) is 9.97 Å². The van der Waals surface area contributed by atoms with Gasteiger partial charge in [0, 0.05) is 38.0 Å². The number of hydrogen-bond donors (Lipinski definition) is 1. The van der Waals surface area contributed by atoms with E-state index in [4.69, 9.17) is 10.5 Å². The molecular formula is C18H29N5O2S. The zero-order valence-electron chi connectivity index (χ0n) is 15.5. The Kier molecular flexibility index (Phi) is 6.96. The van der Waals surface area contributed by atoms with Crippen LogP contribution in [-0.2, 0) is 9.53 Å². The van der Waals surface area contributed by atoms with Gasteiger partial charge < -0.3 is 20.3 Å². The van der Waals surface area contributed by atoms with E-state index in [1.165, 1.54) is 0 Å². The summed E-state index contributed by atoms with van der Waals surface area (Å²) in [5.41, 5.74) is 6.00. The van der Waals surface area contributed by atoms with Crippen molar-refractivity contribution in [1.82, 2.24) is 14.9 Å². The summed E-state index contributed by atoms with van der Waals surface area (Å²) in [5, 5.41) is 0.732. The number of carbonyl (C=O) groups excluding carboxylic acids is 1. The lowest BCUT2D eigenvalue weighted by atomic mass is 9.96. The number of nitrogen functional groups attached to an aromatic ring is 1. The maximum absolute atomic E-state index is 12.8. The number of amides is 1. The minimum atomic E-state index is 0.0224. The number of ether oxygens (including phenoxy) is 1. The molecule has 3 heterocycles. The molecule has 1 atom stereocenters. The lowest BCUT2D eigenvalue weighted by molar-refractivity contribution is -0.139. The van der Waals surface area contributed by atoms with Gasteiger partial charge in [0.15, 0.2) is 5.16 Å². The number of anilines is 2. The minimum Gasteiger partial charge on any atom is -0.383 e. The molecule has 2 N–H and O–H groups in total. The molecule has 0 aromatic carbocycles. The molecule has 1 aromatic rings. The second-order valence-electron chi connectivity index (χ2n) is 6.86. The van der Waals surface area contributed by atoms with Crippen LogP contribution in [0.5, 0.6) is 0 Å². The number of piperidine rings is 1. The van der Waals surface area contributed by atoms with Crippen LogP contribution >= 0.6 is 11.8 Å². The van der Waals surface area contributed by atoms with Crippen LogP contribution in [0.25, 0.3) is 0 Å². The predicted octanol–water partition coefficient (Wildman–Crippen LogP) is 2.03. The first-order chi connectivity index (χ1) is 12.7. The van der Waals surface area contributed by atoms with E-state index in [1.807, 2.05) is 11.0 Å². The first-order valence-corrected chi connectivity index (χ1v) is 10.5. The molecule has 1 unspecified atom stereocenters. The molecule has 7 nitrogen and oxygen atoms in total. The summed E-state index contributed by atoms with van der Waals surface area (Å²) in [7, 11) is 0. The summed E-state index contributed by atoms with van der Waals surface area (Å²) in [5.74, 6) is 2.61. The molecule has 8 heteroatoms. The van der Waals surface area contributed by atoms with Gasteiger partial charge in [0.05, 0.1) is 19.1 Å². The van der Waals surface area contributed by atoms with Crippen molar-refractivity contribution in [3.63, 3.8) is 0 Å². The molecule has 0 radical (unpaired) electrons. The van der Waals surface area contributed by atoms with Gasteiger partial charge in [0.25, 0.3) is 0 Å². The predicted molar refractivity (Wildman–Crippen MR) is 104 cm³/mol. The van der Waals surface area contributed by atoms with E-state index >= 15 is 0 Å². The van der Waals surface area contributed by atoms with Gasteiger partial charge in [-0.3, -0.25) is 4.79 Å². The van der Waals surface area contributed by atoms with Crippen LogP contribution in [0.2, 0.25) is 0 Å². The molecule has 2 aliphatic rings. The molecule has 3 rings (SSSR count). The molecule has 0 spiro atoms. The maximum Gasteiger partial charge on any atom is 0.227 e. The van der Waals surface area contributed by atoms with Gasteiger partial charge in [-0.1, -0.05) is 25.1 Å². The monoisotopic (exact) mass is 379 g/mol. The topological polar surface area (TPSA) is 84.6 Å². The highest BCUT2D eigenvalue weighted by molar-refractivity contribution is 7.99. The van der Waals surface area contributed by atoms with E-state index in [-0.39, 0.29) is 11.8 Å². The third-order valence-electron chi connectivity index (χ3n) is 4.86. The number of hydrogen-bond acceptors (Lipinski definition) is 7. The second kappa shape index (κ2) is 9.41. The number of nitrogens with two attached hydrogens (primary N) is 1. The summed E-state index contributed by atoms with van der Waals surface area (Å²) in [6.07, 6.45) is 4.21. The van der Waals surface area contributed by atoms with Crippen LogP contribution in [0.15, 0.2) is 11.2 Å². The fraction of sp³-hybridized carbons (Fsp3) is 0.722. The average Bonchev–Trinajstić information content (AvgIpc) is 2.68. The van der Waals surface area contributed by atoms with Crippen molar-refractivity contribution in [2.24, 2.45) is 5.92 Å². The first-order valence-electron chi connectivity index (χ1n) is 9.56. The number of morpholine rings is 1. The van der Waals surface area contributed by atoms with Crippen molar-refractivity contribution in [3.05, 3.63) is 6.07 Å². The normalized spacial score (nSPS) is 21.0. The zero-order valence-corrected chi connectivity index (χ0v) is 16.3. The van der Waals surface area contributed by atoms with Crippen LogP contribution in [0.3, 0.4) is 0 Å². The molecule has 2 fully saturated rings. The zero-order chi connectivity index (χ0) is 18.4.